The first-order chi connectivity index (χ1) is 17.1. The van der Waals surface area contributed by atoms with Crippen molar-refractivity contribution in [2.45, 2.75) is 13.0 Å². The quantitative estimate of drug-likeness (QED) is 0.379. The number of ether oxygens (including phenoxy) is 2. The van der Waals surface area contributed by atoms with E-state index in [1.54, 1.807) is 41.3 Å². The average molecular weight is 471 g/mol. The number of halogens is 1. The summed E-state index contributed by atoms with van der Waals surface area (Å²) in [5, 5.41) is 8.57. The van der Waals surface area contributed by atoms with Crippen LogP contribution in [0.25, 0.3) is 32.9 Å². The van der Waals surface area contributed by atoms with Gasteiger partial charge in [0, 0.05) is 36.3 Å². The Hall–Kier alpha value is -4.11. The van der Waals surface area contributed by atoms with Gasteiger partial charge in [-0.1, -0.05) is 0 Å². The molecule has 0 radical (unpaired) electrons. The maximum atomic E-state index is 15.3. The van der Waals surface area contributed by atoms with Gasteiger partial charge in [0.25, 0.3) is 0 Å². The molecule has 0 aliphatic carbocycles. The molecule has 1 aliphatic rings. The van der Waals surface area contributed by atoms with Gasteiger partial charge in [-0.05, 0) is 48.9 Å². The first-order valence-electron chi connectivity index (χ1n) is 11.4. The molecule has 1 aliphatic heterocycles. The number of anilines is 2. The number of nitrogens with one attached hydrogen (secondary N) is 1. The standard InChI is InChI=1S/C26H23FN6O2/c1-15(18-12-34-13-18)35-23-9-16(17-10-31-33(2)11-17)8-22-24(23)26(30-14-29-22)32-21-6-5-20-19(25(21)27)4-3-7-28-20/h3-11,14-15,18H,12-13H2,1-2H3,(H,29,30,32). The molecule has 3 aromatic heterocycles. The van der Waals surface area contributed by atoms with Gasteiger partial charge >= 0.3 is 0 Å². The molecule has 1 atom stereocenters. The number of aromatic nitrogens is 5. The van der Waals surface area contributed by atoms with Gasteiger partial charge in [-0.25, -0.2) is 14.4 Å². The fourth-order valence-electron chi connectivity index (χ4n) is 4.24. The summed E-state index contributed by atoms with van der Waals surface area (Å²) in [6.07, 6.45) is 6.77. The van der Waals surface area contributed by atoms with E-state index >= 15 is 4.39 Å². The normalized spacial score (nSPS) is 14.7. The monoisotopic (exact) mass is 470 g/mol. The Kier molecular flexibility index (Phi) is 5.26. The molecule has 176 valence electrons. The molecular weight excluding hydrogens is 447 g/mol. The summed E-state index contributed by atoms with van der Waals surface area (Å²) in [4.78, 5) is 13.2. The van der Waals surface area contributed by atoms with Gasteiger partial charge in [-0.15, -0.1) is 0 Å². The van der Waals surface area contributed by atoms with Gasteiger partial charge in [-0.3, -0.25) is 9.67 Å². The first kappa shape index (κ1) is 21.4. The van der Waals surface area contributed by atoms with E-state index in [1.165, 1.54) is 6.33 Å². The maximum Gasteiger partial charge on any atom is 0.156 e. The topological polar surface area (TPSA) is 87.0 Å². The minimum atomic E-state index is -0.392. The fraction of sp³-hybridized carbons (Fsp3) is 0.231. The predicted molar refractivity (Wildman–Crippen MR) is 131 cm³/mol. The molecule has 9 heteroatoms. The van der Waals surface area contributed by atoms with E-state index in [2.05, 4.69) is 25.4 Å². The SMILES string of the molecule is CC(Oc1cc(-c2cnn(C)c2)cc2ncnc(Nc3ccc4ncccc4c3F)c12)C1COC1. The molecule has 0 bridgehead atoms. The number of benzene rings is 2. The number of hydrogen-bond acceptors (Lipinski definition) is 7. The van der Waals surface area contributed by atoms with Crippen molar-refractivity contribution in [3.63, 3.8) is 0 Å². The highest BCUT2D eigenvalue weighted by molar-refractivity contribution is 5.99. The van der Waals surface area contributed by atoms with E-state index in [0.717, 1.165) is 11.1 Å². The van der Waals surface area contributed by atoms with Crippen LogP contribution in [0.3, 0.4) is 0 Å². The van der Waals surface area contributed by atoms with Crippen LogP contribution in [0.4, 0.5) is 15.9 Å². The molecule has 1 N–H and O–H groups in total. The van der Waals surface area contributed by atoms with Gasteiger partial charge in [0.15, 0.2) is 5.82 Å². The minimum Gasteiger partial charge on any atom is -0.489 e. The van der Waals surface area contributed by atoms with E-state index in [0.29, 0.717) is 58.2 Å². The maximum absolute atomic E-state index is 15.3. The number of rotatable bonds is 6. The largest absolute Gasteiger partial charge is 0.489 e. The zero-order chi connectivity index (χ0) is 23.9. The molecule has 1 saturated heterocycles. The lowest BCUT2D eigenvalue weighted by molar-refractivity contribution is -0.0773. The Bertz CT molecular complexity index is 1550. The molecule has 35 heavy (non-hydrogen) atoms. The number of hydrogen-bond donors (Lipinski definition) is 1. The van der Waals surface area contributed by atoms with Crippen molar-refractivity contribution in [2.75, 3.05) is 18.5 Å². The summed E-state index contributed by atoms with van der Waals surface area (Å²) in [7, 11) is 1.87. The lowest BCUT2D eigenvalue weighted by atomic mass is 10.0. The van der Waals surface area contributed by atoms with Crippen molar-refractivity contribution >= 4 is 33.3 Å². The minimum absolute atomic E-state index is 0.0763. The lowest BCUT2D eigenvalue weighted by Crippen LogP contribution is -2.39. The van der Waals surface area contributed by atoms with E-state index in [1.807, 2.05) is 32.3 Å². The second kappa shape index (κ2) is 8.59. The zero-order valence-corrected chi connectivity index (χ0v) is 19.3. The van der Waals surface area contributed by atoms with Crippen LogP contribution < -0.4 is 10.1 Å². The number of aryl methyl sites for hydroxylation is 1. The van der Waals surface area contributed by atoms with Crippen LogP contribution in [0.2, 0.25) is 0 Å². The highest BCUT2D eigenvalue weighted by Gasteiger charge is 2.28. The van der Waals surface area contributed by atoms with Crippen LogP contribution in [0, 0.1) is 11.7 Å². The zero-order valence-electron chi connectivity index (χ0n) is 19.3. The lowest BCUT2D eigenvalue weighted by Gasteiger charge is -2.32. The van der Waals surface area contributed by atoms with Crippen LogP contribution in [-0.4, -0.2) is 44.1 Å². The third-order valence-corrected chi connectivity index (χ3v) is 6.35. The smallest absolute Gasteiger partial charge is 0.156 e. The summed E-state index contributed by atoms with van der Waals surface area (Å²) < 4.78 is 28.9. The molecule has 2 aromatic carbocycles. The molecule has 0 spiro atoms. The number of pyridine rings is 1. The molecule has 0 amide bonds. The molecular formula is C26H23FN6O2. The molecule has 6 rings (SSSR count). The highest BCUT2D eigenvalue weighted by Crippen LogP contribution is 2.38. The van der Waals surface area contributed by atoms with Crippen molar-refractivity contribution in [1.29, 1.82) is 0 Å². The Morgan fingerprint density at radius 3 is 2.77 bits per heavy atom. The molecule has 0 saturated carbocycles. The van der Waals surface area contributed by atoms with Crippen LogP contribution in [0.5, 0.6) is 5.75 Å². The highest BCUT2D eigenvalue weighted by atomic mass is 19.1. The van der Waals surface area contributed by atoms with Crippen molar-refractivity contribution in [1.82, 2.24) is 24.7 Å². The molecule has 1 unspecified atom stereocenters. The Balaban J connectivity index is 1.47. The Morgan fingerprint density at radius 2 is 2.00 bits per heavy atom. The van der Waals surface area contributed by atoms with Crippen LogP contribution in [0.1, 0.15) is 6.92 Å². The third kappa shape index (κ3) is 3.93. The number of fused-ring (bicyclic) bond motifs is 2. The second-order valence-corrected chi connectivity index (χ2v) is 8.74. The van der Waals surface area contributed by atoms with E-state index in [-0.39, 0.29) is 6.10 Å². The van der Waals surface area contributed by atoms with Gasteiger partial charge in [0.05, 0.1) is 41.5 Å². The molecule has 5 aromatic rings. The van der Waals surface area contributed by atoms with E-state index in [4.69, 9.17) is 9.47 Å². The van der Waals surface area contributed by atoms with Gasteiger partial charge in [0.2, 0.25) is 0 Å². The Morgan fingerprint density at radius 1 is 1.11 bits per heavy atom. The third-order valence-electron chi connectivity index (χ3n) is 6.35. The van der Waals surface area contributed by atoms with Gasteiger partial charge in [0.1, 0.15) is 24.0 Å². The van der Waals surface area contributed by atoms with E-state index in [9.17, 15) is 0 Å². The van der Waals surface area contributed by atoms with Crippen LogP contribution in [-0.2, 0) is 11.8 Å². The van der Waals surface area contributed by atoms with Crippen LogP contribution >= 0.6 is 0 Å². The predicted octanol–water partition coefficient (Wildman–Crippen LogP) is 4.87. The molecule has 4 heterocycles. The summed E-state index contributed by atoms with van der Waals surface area (Å²) in [5.74, 6) is 0.990. The summed E-state index contributed by atoms with van der Waals surface area (Å²) in [5.41, 5.74) is 3.43. The van der Waals surface area contributed by atoms with Gasteiger partial charge < -0.3 is 14.8 Å². The summed E-state index contributed by atoms with van der Waals surface area (Å²) in [6.45, 7) is 3.36. The van der Waals surface area contributed by atoms with E-state index < -0.39 is 5.82 Å². The van der Waals surface area contributed by atoms with Crippen LogP contribution in [0.15, 0.2) is 61.3 Å². The fourth-order valence-corrected chi connectivity index (χ4v) is 4.24. The van der Waals surface area contributed by atoms with Crippen molar-refractivity contribution in [3.05, 3.63) is 67.1 Å². The number of nitrogens with zero attached hydrogens (tertiary/aromatic N) is 5. The van der Waals surface area contributed by atoms with Crippen molar-refractivity contribution < 1.29 is 13.9 Å². The molecule has 1 fully saturated rings. The Labute approximate surface area is 200 Å². The van der Waals surface area contributed by atoms with Crippen molar-refractivity contribution in [2.24, 2.45) is 13.0 Å². The van der Waals surface area contributed by atoms with Gasteiger partial charge in [-0.2, -0.15) is 5.10 Å². The summed E-state index contributed by atoms with van der Waals surface area (Å²) in [6, 6.07) is 10.8. The second-order valence-electron chi connectivity index (χ2n) is 8.74. The first-order valence-corrected chi connectivity index (χ1v) is 11.4. The average Bonchev–Trinajstić information content (AvgIpc) is 3.26. The van der Waals surface area contributed by atoms with Crippen molar-refractivity contribution in [3.8, 4) is 16.9 Å². The summed E-state index contributed by atoms with van der Waals surface area (Å²) >= 11 is 0. The molecule has 8 nitrogen and oxygen atoms in total.